The van der Waals surface area contributed by atoms with Crippen molar-refractivity contribution in [3.05, 3.63) is 42.2 Å². The SMILES string of the molecule is CCCNC(CC(F)(F)F)c1cccc2cnccc12. The van der Waals surface area contributed by atoms with Crippen LogP contribution >= 0.6 is 0 Å². The predicted molar refractivity (Wildman–Crippen MR) is 73.4 cm³/mol. The highest BCUT2D eigenvalue weighted by atomic mass is 19.4. The van der Waals surface area contributed by atoms with Gasteiger partial charge in [-0.05, 0) is 30.0 Å². The lowest BCUT2D eigenvalue weighted by Gasteiger charge is -2.22. The standard InChI is InChI=1S/C15H17F3N2/c1-2-7-20-14(9-15(16,17)18)13-5-3-4-11-10-19-8-6-12(11)13/h3-6,8,10,14,20H,2,7,9H2,1H3. The topological polar surface area (TPSA) is 24.9 Å². The molecule has 1 aromatic heterocycles. The van der Waals surface area contributed by atoms with Gasteiger partial charge in [-0.15, -0.1) is 0 Å². The molecule has 0 bridgehead atoms. The van der Waals surface area contributed by atoms with Gasteiger partial charge in [0.2, 0.25) is 0 Å². The molecule has 1 unspecified atom stereocenters. The molecule has 2 aromatic rings. The number of hydrogen-bond donors (Lipinski definition) is 1. The van der Waals surface area contributed by atoms with Crippen molar-refractivity contribution in [3.8, 4) is 0 Å². The Bertz CT molecular complexity index is 561. The lowest BCUT2D eigenvalue weighted by Crippen LogP contribution is -2.27. The van der Waals surface area contributed by atoms with Gasteiger partial charge >= 0.3 is 6.18 Å². The molecule has 2 rings (SSSR count). The van der Waals surface area contributed by atoms with Crippen molar-refractivity contribution in [2.24, 2.45) is 0 Å². The molecular formula is C15H17F3N2. The summed E-state index contributed by atoms with van der Waals surface area (Å²) >= 11 is 0. The number of pyridine rings is 1. The number of rotatable bonds is 5. The molecule has 0 fully saturated rings. The van der Waals surface area contributed by atoms with Gasteiger partial charge in [-0.25, -0.2) is 0 Å². The normalized spacial score (nSPS) is 13.6. The third-order valence-corrected chi connectivity index (χ3v) is 3.17. The first-order valence-electron chi connectivity index (χ1n) is 6.64. The van der Waals surface area contributed by atoms with Crippen LogP contribution in [0.3, 0.4) is 0 Å². The van der Waals surface area contributed by atoms with Crippen LogP contribution in [0, 0.1) is 0 Å². The molecule has 1 N–H and O–H groups in total. The number of hydrogen-bond acceptors (Lipinski definition) is 2. The van der Waals surface area contributed by atoms with Crippen LogP contribution < -0.4 is 5.32 Å². The molecule has 0 aliphatic rings. The van der Waals surface area contributed by atoms with Crippen LogP contribution in [-0.2, 0) is 0 Å². The van der Waals surface area contributed by atoms with Gasteiger partial charge < -0.3 is 5.32 Å². The average Bonchev–Trinajstić information content (AvgIpc) is 2.41. The van der Waals surface area contributed by atoms with E-state index < -0.39 is 18.6 Å². The highest BCUT2D eigenvalue weighted by Crippen LogP contribution is 2.32. The minimum Gasteiger partial charge on any atom is -0.310 e. The molecule has 108 valence electrons. The van der Waals surface area contributed by atoms with E-state index in [-0.39, 0.29) is 0 Å². The molecule has 0 radical (unpaired) electrons. The summed E-state index contributed by atoms with van der Waals surface area (Å²) in [6, 6.07) is 6.43. The predicted octanol–water partition coefficient (Wildman–Crippen LogP) is 4.23. The second-order valence-electron chi connectivity index (χ2n) is 4.77. The van der Waals surface area contributed by atoms with Gasteiger partial charge in [0.15, 0.2) is 0 Å². The van der Waals surface area contributed by atoms with Crippen molar-refractivity contribution in [2.75, 3.05) is 6.54 Å². The van der Waals surface area contributed by atoms with Gasteiger partial charge in [0.25, 0.3) is 0 Å². The summed E-state index contributed by atoms with van der Waals surface area (Å²) in [5.74, 6) is 0. The van der Waals surface area contributed by atoms with Gasteiger partial charge in [0, 0.05) is 23.8 Å². The summed E-state index contributed by atoms with van der Waals surface area (Å²) in [7, 11) is 0. The maximum absolute atomic E-state index is 12.8. The minimum atomic E-state index is -4.19. The summed E-state index contributed by atoms with van der Waals surface area (Å²) < 4.78 is 38.3. The van der Waals surface area contributed by atoms with Crippen LogP contribution in [-0.4, -0.2) is 17.7 Å². The van der Waals surface area contributed by atoms with Crippen LogP contribution in [0.15, 0.2) is 36.7 Å². The van der Waals surface area contributed by atoms with Crippen molar-refractivity contribution in [1.29, 1.82) is 0 Å². The second kappa shape index (κ2) is 6.22. The number of alkyl halides is 3. The van der Waals surface area contributed by atoms with E-state index in [9.17, 15) is 13.2 Å². The molecule has 1 heterocycles. The number of nitrogens with one attached hydrogen (secondary N) is 1. The summed E-state index contributed by atoms with van der Waals surface area (Å²) in [5, 5.41) is 4.67. The Morgan fingerprint density at radius 3 is 2.75 bits per heavy atom. The summed E-state index contributed by atoms with van der Waals surface area (Å²) in [6.45, 7) is 2.49. The third kappa shape index (κ3) is 3.70. The Labute approximate surface area is 116 Å². The van der Waals surface area contributed by atoms with E-state index in [0.29, 0.717) is 12.1 Å². The van der Waals surface area contributed by atoms with Crippen LogP contribution in [0.2, 0.25) is 0 Å². The molecule has 20 heavy (non-hydrogen) atoms. The molecule has 2 nitrogen and oxygen atoms in total. The number of benzene rings is 1. The van der Waals surface area contributed by atoms with Gasteiger partial charge in [-0.2, -0.15) is 13.2 Å². The van der Waals surface area contributed by atoms with E-state index in [0.717, 1.165) is 17.2 Å². The van der Waals surface area contributed by atoms with Crippen molar-refractivity contribution in [3.63, 3.8) is 0 Å². The maximum Gasteiger partial charge on any atom is 0.390 e. The minimum absolute atomic E-state index is 0.558. The van der Waals surface area contributed by atoms with Crippen molar-refractivity contribution < 1.29 is 13.2 Å². The Morgan fingerprint density at radius 1 is 1.25 bits per heavy atom. The molecule has 0 saturated heterocycles. The van der Waals surface area contributed by atoms with Crippen molar-refractivity contribution in [2.45, 2.75) is 32.0 Å². The van der Waals surface area contributed by atoms with Crippen LogP contribution in [0.25, 0.3) is 10.8 Å². The first-order valence-corrected chi connectivity index (χ1v) is 6.64. The zero-order valence-electron chi connectivity index (χ0n) is 11.2. The molecule has 0 spiro atoms. The lowest BCUT2D eigenvalue weighted by molar-refractivity contribution is -0.140. The zero-order chi connectivity index (χ0) is 14.6. The number of halogens is 3. The molecule has 0 aliphatic heterocycles. The monoisotopic (exact) mass is 282 g/mol. The Kier molecular flexibility index (Phi) is 4.60. The summed E-state index contributed by atoms with van der Waals surface area (Å²) in [6.07, 6.45) is -0.991. The van der Waals surface area contributed by atoms with Crippen LogP contribution in [0.5, 0.6) is 0 Å². The molecule has 0 aliphatic carbocycles. The van der Waals surface area contributed by atoms with Crippen LogP contribution in [0.1, 0.15) is 31.4 Å². The average molecular weight is 282 g/mol. The summed E-state index contributed by atoms with van der Waals surface area (Å²) in [4.78, 5) is 4.01. The van der Waals surface area contributed by atoms with E-state index in [1.165, 1.54) is 0 Å². The van der Waals surface area contributed by atoms with Crippen molar-refractivity contribution >= 4 is 10.8 Å². The Morgan fingerprint density at radius 2 is 2.05 bits per heavy atom. The molecule has 5 heteroatoms. The zero-order valence-corrected chi connectivity index (χ0v) is 11.2. The van der Waals surface area contributed by atoms with Crippen molar-refractivity contribution in [1.82, 2.24) is 10.3 Å². The van der Waals surface area contributed by atoms with E-state index in [1.54, 1.807) is 30.6 Å². The van der Waals surface area contributed by atoms with E-state index in [4.69, 9.17) is 0 Å². The fourth-order valence-electron chi connectivity index (χ4n) is 2.29. The maximum atomic E-state index is 12.8. The molecule has 0 amide bonds. The molecule has 0 saturated carbocycles. The largest absolute Gasteiger partial charge is 0.390 e. The second-order valence-corrected chi connectivity index (χ2v) is 4.77. The van der Waals surface area contributed by atoms with Gasteiger partial charge in [-0.1, -0.05) is 25.1 Å². The highest BCUT2D eigenvalue weighted by molar-refractivity contribution is 5.85. The third-order valence-electron chi connectivity index (χ3n) is 3.17. The summed E-state index contributed by atoms with van der Waals surface area (Å²) in [5.41, 5.74) is 0.677. The first-order chi connectivity index (χ1) is 9.51. The van der Waals surface area contributed by atoms with E-state index in [1.807, 2.05) is 13.0 Å². The smallest absolute Gasteiger partial charge is 0.310 e. The van der Waals surface area contributed by atoms with E-state index in [2.05, 4.69) is 10.3 Å². The number of fused-ring (bicyclic) bond motifs is 1. The fraction of sp³-hybridized carbons (Fsp3) is 0.400. The molecular weight excluding hydrogens is 265 g/mol. The van der Waals surface area contributed by atoms with Gasteiger partial charge in [-0.3, -0.25) is 4.98 Å². The van der Waals surface area contributed by atoms with E-state index >= 15 is 0 Å². The van der Waals surface area contributed by atoms with Gasteiger partial charge in [0.1, 0.15) is 0 Å². The quantitative estimate of drug-likeness (QED) is 0.887. The Hall–Kier alpha value is -1.62. The Balaban J connectivity index is 2.39. The lowest BCUT2D eigenvalue weighted by atomic mass is 9.97. The highest BCUT2D eigenvalue weighted by Gasteiger charge is 2.32. The number of aromatic nitrogens is 1. The molecule has 1 aromatic carbocycles. The van der Waals surface area contributed by atoms with Crippen LogP contribution in [0.4, 0.5) is 13.2 Å². The fourth-order valence-corrected chi connectivity index (χ4v) is 2.29. The van der Waals surface area contributed by atoms with Gasteiger partial charge in [0.05, 0.1) is 6.42 Å². The first kappa shape index (κ1) is 14.8. The molecule has 1 atom stereocenters. The number of nitrogens with zero attached hydrogens (tertiary/aromatic N) is 1.